The van der Waals surface area contributed by atoms with Crippen LogP contribution in [0.15, 0.2) is 33.5 Å². The fourth-order valence-electron chi connectivity index (χ4n) is 4.32. The molecule has 1 saturated carbocycles. The Labute approximate surface area is 194 Å². The van der Waals surface area contributed by atoms with Crippen molar-refractivity contribution in [3.8, 4) is 0 Å². The van der Waals surface area contributed by atoms with Gasteiger partial charge in [-0.2, -0.15) is 0 Å². The Balaban J connectivity index is 1.46. The van der Waals surface area contributed by atoms with Crippen LogP contribution in [0.25, 0.3) is 5.70 Å². The minimum Gasteiger partial charge on any atom is -0.344 e. The fraction of sp³-hybridized carbons (Fsp3) is 0.500. The quantitative estimate of drug-likeness (QED) is 0.552. The van der Waals surface area contributed by atoms with Gasteiger partial charge >= 0.3 is 0 Å². The molecule has 1 aliphatic heterocycles. The highest BCUT2D eigenvalue weighted by Gasteiger charge is 2.22. The maximum atomic E-state index is 5.01. The van der Waals surface area contributed by atoms with E-state index in [9.17, 15) is 0 Å². The van der Waals surface area contributed by atoms with E-state index in [1.165, 1.54) is 53.1 Å². The van der Waals surface area contributed by atoms with Crippen molar-refractivity contribution < 1.29 is 0 Å². The van der Waals surface area contributed by atoms with Crippen molar-refractivity contribution in [1.29, 1.82) is 0 Å². The summed E-state index contributed by atoms with van der Waals surface area (Å²) in [6.07, 6.45) is 12.6. The summed E-state index contributed by atoms with van der Waals surface area (Å²) in [5.41, 5.74) is 5.90. The number of nitrogens with zero attached hydrogens (tertiary/aromatic N) is 3. The lowest BCUT2D eigenvalue weighted by molar-refractivity contribution is 0.370. The Kier molecular flexibility index (Phi) is 7.35. The molecule has 0 radical (unpaired) electrons. The Morgan fingerprint density at radius 3 is 2.61 bits per heavy atom. The first-order chi connectivity index (χ1) is 15.0. The normalized spacial score (nSPS) is 19.2. The Morgan fingerprint density at radius 1 is 1.16 bits per heavy atom. The number of anilines is 1. The van der Waals surface area contributed by atoms with Gasteiger partial charge in [0.1, 0.15) is 5.01 Å². The van der Waals surface area contributed by atoms with E-state index in [-0.39, 0.29) is 6.29 Å². The van der Waals surface area contributed by atoms with Crippen molar-refractivity contribution in [2.75, 3.05) is 18.2 Å². The molecule has 31 heavy (non-hydrogen) atoms. The molecular weight excluding hydrogens is 422 g/mol. The number of hydrogen-bond acceptors (Lipinski definition) is 7. The molecule has 2 heterocycles. The molecule has 1 aromatic heterocycles. The summed E-state index contributed by atoms with van der Waals surface area (Å²) >= 11 is 3.56. The third-order valence-electron chi connectivity index (χ3n) is 5.97. The molecule has 1 aromatic carbocycles. The molecule has 2 N–H and O–H groups in total. The largest absolute Gasteiger partial charge is 0.344 e. The van der Waals surface area contributed by atoms with Crippen molar-refractivity contribution in [3.63, 3.8) is 0 Å². The molecule has 166 valence electrons. The van der Waals surface area contributed by atoms with Crippen LogP contribution < -0.4 is 15.5 Å². The number of thiazole rings is 1. The molecule has 1 unspecified atom stereocenters. The first-order valence-electron chi connectivity index (χ1n) is 11.1. The third kappa shape index (κ3) is 5.51. The van der Waals surface area contributed by atoms with Crippen molar-refractivity contribution in [2.24, 2.45) is 4.99 Å². The maximum absolute atomic E-state index is 5.01. The molecule has 1 aliphatic carbocycles. The summed E-state index contributed by atoms with van der Waals surface area (Å²) in [4.78, 5) is 11.8. The highest BCUT2D eigenvalue weighted by atomic mass is 32.2. The van der Waals surface area contributed by atoms with Gasteiger partial charge < -0.3 is 15.5 Å². The third-order valence-corrected chi connectivity index (χ3v) is 8.26. The lowest BCUT2D eigenvalue weighted by atomic mass is 9.95. The molecule has 7 heteroatoms. The number of aliphatic imine (C=N–C) groups is 1. The summed E-state index contributed by atoms with van der Waals surface area (Å²) in [6.45, 7) is 5.12. The van der Waals surface area contributed by atoms with Crippen molar-refractivity contribution in [1.82, 2.24) is 15.6 Å². The first kappa shape index (κ1) is 22.4. The Bertz CT molecular complexity index is 939. The average molecular weight is 456 g/mol. The lowest BCUT2D eigenvalue weighted by Gasteiger charge is -2.30. The minimum atomic E-state index is -0.147. The number of hydrogen-bond donors (Lipinski definition) is 2. The molecule has 0 amide bonds. The second-order valence-electron chi connectivity index (χ2n) is 8.53. The van der Waals surface area contributed by atoms with E-state index in [4.69, 9.17) is 4.98 Å². The number of aromatic nitrogens is 1. The minimum absolute atomic E-state index is 0.147. The van der Waals surface area contributed by atoms with Gasteiger partial charge in [0.05, 0.1) is 15.6 Å². The van der Waals surface area contributed by atoms with Crippen molar-refractivity contribution >= 4 is 40.7 Å². The van der Waals surface area contributed by atoms with E-state index < -0.39 is 0 Å². The molecule has 2 aliphatic rings. The van der Waals surface area contributed by atoms with Crippen LogP contribution in [-0.4, -0.2) is 36.8 Å². The zero-order valence-electron chi connectivity index (χ0n) is 18.9. The van der Waals surface area contributed by atoms with Gasteiger partial charge in [-0.15, -0.1) is 23.1 Å². The van der Waals surface area contributed by atoms with Crippen LogP contribution in [0, 0.1) is 13.8 Å². The van der Waals surface area contributed by atoms with Crippen molar-refractivity contribution in [3.05, 3.63) is 46.1 Å². The van der Waals surface area contributed by atoms with E-state index in [0.717, 1.165) is 22.9 Å². The molecule has 1 atom stereocenters. The van der Waals surface area contributed by atoms with Crippen LogP contribution in [0.2, 0.25) is 0 Å². The van der Waals surface area contributed by atoms with Gasteiger partial charge in [0.15, 0.2) is 6.29 Å². The second kappa shape index (κ2) is 10.2. The second-order valence-corrected chi connectivity index (χ2v) is 10.6. The van der Waals surface area contributed by atoms with Gasteiger partial charge in [-0.25, -0.2) is 9.98 Å². The van der Waals surface area contributed by atoms with E-state index >= 15 is 0 Å². The Hall–Kier alpha value is -1.83. The molecule has 2 aromatic rings. The van der Waals surface area contributed by atoms with Gasteiger partial charge in [0, 0.05) is 31.5 Å². The number of thioether (sulfide) groups is 1. The number of nitrogens with one attached hydrogen (secondary N) is 2. The lowest BCUT2D eigenvalue weighted by Crippen LogP contribution is -2.43. The molecule has 5 nitrogen and oxygen atoms in total. The smallest absolute Gasteiger partial charge is 0.196 e. The summed E-state index contributed by atoms with van der Waals surface area (Å²) in [6, 6.07) is 7.24. The van der Waals surface area contributed by atoms with Crippen LogP contribution in [-0.2, 0) is 6.54 Å². The van der Waals surface area contributed by atoms with Gasteiger partial charge in [0.25, 0.3) is 0 Å². The van der Waals surface area contributed by atoms with Gasteiger partial charge in [0.2, 0.25) is 0 Å². The van der Waals surface area contributed by atoms with Crippen LogP contribution >= 0.6 is 23.1 Å². The highest BCUT2D eigenvalue weighted by molar-refractivity contribution is 8.00. The predicted octanol–water partition coefficient (Wildman–Crippen LogP) is 5.34. The summed E-state index contributed by atoms with van der Waals surface area (Å²) < 4.78 is 1.29. The number of aryl methyl sites for hydroxylation is 2. The van der Waals surface area contributed by atoms with Crippen LogP contribution in [0.1, 0.15) is 53.9 Å². The monoisotopic (exact) mass is 455 g/mol. The first-order valence-corrected chi connectivity index (χ1v) is 13.2. The number of rotatable bonds is 7. The topological polar surface area (TPSA) is 52.5 Å². The number of allylic oxidation sites excluding steroid dienone is 1. The van der Waals surface area contributed by atoms with Crippen LogP contribution in [0.4, 0.5) is 5.69 Å². The van der Waals surface area contributed by atoms with Crippen LogP contribution in [0.5, 0.6) is 0 Å². The zero-order chi connectivity index (χ0) is 21.8. The van der Waals surface area contributed by atoms with E-state index in [2.05, 4.69) is 65.9 Å². The summed E-state index contributed by atoms with van der Waals surface area (Å²) in [7, 11) is 2.08. The molecule has 0 bridgehead atoms. The SMILES string of the molecule is CSc1sc(C2=CC=NC(N(C)c3cc(C)cc(C)c3)N2)nc1CNC1CCCCC1. The Morgan fingerprint density at radius 2 is 1.90 bits per heavy atom. The molecule has 0 spiro atoms. The number of benzene rings is 1. The maximum Gasteiger partial charge on any atom is 0.196 e. The molecule has 4 rings (SSSR count). The predicted molar refractivity (Wildman–Crippen MR) is 135 cm³/mol. The van der Waals surface area contributed by atoms with Crippen molar-refractivity contribution in [2.45, 2.75) is 69.0 Å². The summed E-state index contributed by atoms with van der Waals surface area (Å²) in [5, 5.41) is 8.37. The molecular formula is C24H33N5S2. The van der Waals surface area contributed by atoms with E-state index in [0.29, 0.717) is 6.04 Å². The average Bonchev–Trinajstić information content (AvgIpc) is 3.21. The molecule has 0 saturated heterocycles. The van der Waals surface area contributed by atoms with Gasteiger partial charge in [-0.3, -0.25) is 0 Å². The zero-order valence-corrected chi connectivity index (χ0v) is 20.6. The van der Waals surface area contributed by atoms with Gasteiger partial charge in [-0.1, -0.05) is 25.3 Å². The van der Waals surface area contributed by atoms with E-state index in [1.807, 2.05) is 12.3 Å². The molecule has 1 fully saturated rings. The van der Waals surface area contributed by atoms with Gasteiger partial charge in [-0.05, 0) is 62.3 Å². The van der Waals surface area contributed by atoms with Crippen LogP contribution in [0.3, 0.4) is 0 Å². The van der Waals surface area contributed by atoms with E-state index in [1.54, 1.807) is 23.1 Å². The standard InChI is InChI=1S/C24H33N5S2/c1-16-12-17(2)14-19(13-16)29(3)24-25-11-10-20(28-24)22-27-21(23(30-4)31-22)15-26-18-8-6-5-7-9-18/h10-14,18,24,26,28H,5-9,15H2,1-4H3. The fourth-order valence-corrected chi connectivity index (χ4v) is 6.05. The highest BCUT2D eigenvalue weighted by Crippen LogP contribution is 2.32. The summed E-state index contributed by atoms with van der Waals surface area (Å²) in [5.74, 6) is 0.